The van der Waals surface area contributed by atoms with Crippen molar-refractivity contribution in [2.24, 2.45) is 11.8 Å². The molecule has 2 unspecified atom stereocenters. The second-order valence-electron chi connectivity index (χ2n) is 7.28. The van der Waals surface area contributed by atoms with Crippen molar-refractivity contribution in [2.75, 3.05) is 6.54 Å². The van der Waals surface area contributed by atoms with Crippen LogP contribution >= 0.6 is 11.8 Å². The van der Waals surface area contributed by atoms with Crippen LogP contribution in [0.25, 0.3) is 0 Å². The van der Waals surface area contributed by atoms with Gasteiger partial charge in [0.15, 0.2) is 0 Å². The molecule has 1 N–H and O–H groups in total. The number of hydrogen-bond donors (Lipinski definition) is 1. The number of allylic oxidation sites excluding steroid dienone is 6. The van der Waals surface area contributed by atoms with Crippen LogP contribution in [0.1, 0.15) is 32.1 Å². The van der Waals surface area contributed by atoms with E-state index in [0.717, 1.165) is 31.1 Å². The van der Waals surface area contributed by atoms with Gasteiger partial charge in [-0.1, -0.05) is 36.1 Å². The molecule has 2 aliphatic carbocycles. The van der Waals surface area contributed by atoms with Gasteiger partial charge < -0.3 is 4.90 Å². The van der Waals surface area contributed by atoms with Crippen molar-refractivity contribution >= 4 is 22.9 Å². The summed E-state index contributed by atoms with van der Waals surface area (Å²) in [5.41, 5.74) is 4.02. The van der Waals surface area contributed by atoms with E-state index in [-0.39, 0.29) is 16.4 Å². The number of imide groups is 1. The van der Waals surface area contributed by atoms with Gasteiger partial charge in [0.1, 0.15) is 0 Å². The Balaban J connectivity index is 1.54. The molecule has 0 radical (unpaired) electrons. The fourth-order valence-electron chi connectivity index (χ4n) is 4.30. The highest BCUT2D eigenvalue weighted by atomic mass is 32.2. The van der Waals surface area contributed by atoms with Gasteiger partial charge in [-0.05, 0) is 55.2 Å². The topological polar surface area (TPSA) is 49.4 Å². The van der Waals surface area contributed by atoms with E-state index >= 15 is 0 Å². The molecule has 4 nitrogen and oxygen atoms in total. The van der Waals surface area contributed by atoms with Crippen LogP contribution in [0, 0.1) is 11.8 Å². The zero-order valence-electron chi connectivity index (χ0n) is 14.8. The summed E-state index contributed by atoms with van der Waals surface area (Å²) in [6, 6.07) is 0. The van der Waals surface area contributed by atoms with E-state index in [2.05, 4.69) is 53.4 Å². The molecule has 2 heterocycles. The summed E-state index contributed by atoms with van der Waals surface area (Å²) in [4.78, 5) is 25.8. The minimum atomic E-state index is -0.296. The Hall–Kier alpha value is -2.01. The second-order valence-corrected chi connectivity index (χ2v) is 8.45. The maximum Gasteiger partial charge on any atom is 0.286 e. The van der Waals surface area contributed by atoms with E-state index in [1.807, 2.05) is 0 Å². The van der Waals surface area contributed by atoms with Crippen molar-refractivity contribution in [1.82, 2.24) is 10.2 Å². The van der Waals surface area contributed by atoms with E-state index in [1.54, 1.807) is 0 Å². The van der Waals surface area contributed by atoms with Gasteiger partial charge in [0.05, 0.1) is 5.25 Å². The lowest BCUT2D eigenvalue weighted by atomic mass is 9.87. The first-order valence-electron chi connectivity index (χ1n) is 9.32. The average Bonchev–Trinajstić information content (AvgIpc) is 3.15. The van der Waals surface area contributed by atoms with Crippen LogP contribution in [-0.2, 0) is 4.79 Å². The molecule has 5 heteroatoms. The largest absolute Gasteiger partial charge is 0.347 e. The highest BCUT2D eigenvalue weighted by Crippen LogP contribution is 2.42. The summed E-state index contributed by atoms with van der Waals surface area (Å²) in [7, 11) is 0. The SMILES string of the molecule is C=C[C@H]1CCCC=C1CN1C=C(CC2SC(=O)NC2=O)C2CC=CC=C21. The van der Waals surface area contributed by atoms with Crippen molar-refractivity contribution in [1.29, 1.82) is 0 Å². The first kappa shape index (κ1) is 17.4. The van der Waals surface area contributed by atoms with Gasteiger partial charge in [0.2, 0.25) is 5.91 Å². The van der Waals surface area contributed by atoms with Crippen LogP contribution in [0.4, 0.5) is 4.79 Å². The number of carbonyl (C=O) groups is 2. The van der Waals surface area contributed by atoms with Gasteiger partial charge in [-0.25, -0.2) is 0 Å². The number of carbonyl (C=O) groups excluding carboxylic acids is 2. The van der Waals surface area contributed by atoms with Crippen LogP contribution in [0.15, 0.2) is 60.0 Å². The minimum Gasteiger partial charge on any atom is -0.347 e. The molecular weight excluding hydrogens is 344 g/mol. The van der Waals surface area contributed by atoms with E-state index < -0.39 is 0 Å². The third-order valence-corrected chi connectivity index (χ3v) is 6.64. The average molecular weight is 369 g/mol. The molecule has 0 aromatic heterocycles. The van der Waals surface area contributed by atoms with Gasteiger partial charge in [0, 0.05) is 24.4 Å². The lowest BCUT2D eigenvalue weighted by Crippen LogP contribution is -2.25. The molecule has 4 aliphatic rings. The highest BCUT2D eigenvalue weighted by molar-refractivity contribution is 8.15. The maximum atomic E-state index is 12.0. The molecule has 1 fully saturated rings. The van der Waals surface area contributed by atoms with Crippen molar-refractivity contribution in [3.05, 3.63) is 60.0 Å². The molecule has 2 amide bonds. The Morgan fingerprint density at radius 3 is 3.00 bits per heavy atom. The van der Waals surface area contributed by atoms with Crippen molar-refractivity contribution in [2.45, 2.75) is 37.4 Å². The molecule has 3 atom stereocenters. The molecule has 4 rings (SSSR count). The summed E-state index contributed by atoms with van der Waals surface area (Å²) >= 11 is 1.12. The standard InChI is InChI=1S/C21H24N2O2S/c1-2-14-7-3-4-8-15(14)12-23-13-16(17-9-5-6-10-18(17)23)11-19-20(24)22-21(25)26-19/h2,5-6,8,10,13-14,17,19H,1,3-4,7,9,11-12H2,(H,22,24,25)/t14-,17?,19?/m0/s1. The van der Waals surface area contributed by atoms with E-state index in [0.29, 0.717) is 18.3 Å². The summed E-state index contributed by atoms with van der Waals surface area (Å²) in [5, 5.41) is 1.88. The Morgan fingerprint density at radius 2 is 2.23 bits per heavy atom. The van der Waals surface area contributed by atoms with Crippen LogP contribution < -0.4 is 5.32 Å². The molecule has 0 saturated carbocycles. The number of amides is 2. The highest BCUT2D eigenvalue weighted by Gasteiger charge is 2.37. The molecule has 0 bridgehead atoms. The number of thioether (sulfide) groups is 1. The molecule has 136 valence electrons. The lowest BCUT2D eigenvalue weighted by molar-refractivity contribution is -0.118. The number of fused-ring (bicyclic) bond motifs is 1. The summed E-state index contributed by atoms with van der Waals surface area (Å²) < 4.78 is 0. The third kappa shape index (κ3) is 3.32. The van der Waals surface area contributed by atoms with Gasteiger partial charge in [-0.3, -0.25) is 14.9 Å². The third-order valence-electron chi connectivity index (χ3n) is 5.66. The molecule has 0 aromatic rings. The van der Waals surface area contributed by atoms with Crippen molar-refractivity contribution < 1.29 is 9.59 Å². The van der Waals surface area contributed by atoms with Crippen molar-refractivity contribution in [3.8, 4) is 0 Å². The maximum absolute atomic E-state index is 12.0. The fraction of sp³-hybridized carbons (Fsp3) is 0.429. The van der Waals surface area contributed by atoms with Crippen LogP contribution in [0.5, 0.6) is 0 Å². The predicted octanol–water partition coefficient (Wildman–Crippen LogP) is 4.30. The Morgan fingerprint density at radius 1 is 1.35 bits per heavy atom. The van der Waals surface area contributed by atoms with Crippen LogP contribution in [0.2, 0.25) is 0 Å². The van der Waals surface area contributed by atoms with E-state index in [4.69, 9.17) is 0 Å². The lowest BCUT2D eigenvalue weighted by Gasteiger charge is -2.29. The van der Waals surface area contributed by atoms with E-state index in [9.17, 15) is 9.59 Å². The van der Waals surface area contributed by atoms with Crippen molar-refractivity contribution in [3.63, 3.8) is 0 Å². The Kier molecular flexibility index (Phi) is 4.90. The first-order valence-corrected chi connectivity index (χ1v) is 10.2. The Bertz CT molecular complexity index is 762. The number of rotatable bonds is 5. The number of nitrogens with one attached hydrogen (secondary N) is 1. The van der Waals surface area contributed by atoms with Crippen LogP contribution in [-0.4, -0.2) is 27.8 Å². The summed E-state index contributed by atoms with van der Waals surface area (Å²) in [5.74, 6) is 0.640. The molecule has 2 aliphatic heterocycles. The van der Waals surface area contributed by atoms with Gasteiger partial charge in [-0.15, -0.1) is 6.58 Å². The van der Waals surface area contributed by atoms with Crippen LogP contribution in [0.3, 0.4) is 0 Å². The molecular formula is C21H24N2O2S. The zero-order valence-corrected chi connectivity index (χ0v) is 15.6. The fourth-order valence-corrected chi connectivity index (χ4v) is 5.16. The molecule has 0 aromatic carbocycles. The zero-order chi connectivity index (χ0) is 18.1. The molecule has 0 spiro atoms. The number of hydrogen-bond acceptors (Lipinski definition) is 4. The van der Waals surface area contributed by atoms with Gasteiger partial charge in [0.25, 0.3) is 5.24 Å². The molecule has 1 saturated heterocycles. The van der Waals surface area contributed by atoms with Gasteiger partial charge in [-0.2, -0.15) is 0 Å². The molecule has 26 heavy (non-hydrogen) atoms. The summed E-state index contributed by atoms with van der Waals surface area (Å²) in [6.45, 7) is 4.90. The minimum absolute atomic E-state index is 0.155. The first-order chi connectivity index (χ1) is 12.7. The second kappa shape index (κ2) is 7.31. The quantitative estimate of drug-likeness (QED) is 0.735. The number of nitrogens with zero attached hydrogens (tertiary/aromatic N) is 1. The predicted molar refractivity (Wildman–Crippen MR) is 105 cm³/mol. The van der Waals surface area contributed by atoms with Gasteiger partial charge >= 0.3 is 0 Å². The summed E-state index contributed by atoms with van der Waals surface area (Å²) in [6.07, 6.45) is 18.3. The smallest absolute Gasteiger partial charge is 0.286 e. The Labute approximate surface area is 158 Å². The van der Waals surface area contributed by atoms with E-state index in [1.165, 1.54) is 29.7 Å². The monoisotopic (exact) mass is 368 g/mol. The normalized spacial score (nSPS) is 30.5.